The van der Waals surface area contributed by atoms with Crippen molar-refractivity contribution in [3.05, 3.63) is 57.4 Å². The number of benzene rings is 1. The smallest absolute Gasteiger partial charge is 0.290 e. The first-order chi connectivity index (χ1) is 12.6. The van der Waals surface area contributed by atoms with Crippen LogP contribution in [0.3, 0.4) is 0 Å². The van der Waals surface area contributed by atoms with Gasteiger partial charge in [-0.2, -0.15) is 0 Å². The van der Waals surface area contributed by atoms with Crippen LogP contribution in [0.1, 0.15) is 41.0 Å². The average molecular weight is 356 g/mol. The topological polar surface area (TPSA) is 78.1 Å². The van der Waals surface area contributed by atoms with Crippen LogP contribution in [0.15, 0.2) is 29.1 Å². The quantitative estimate of drug-likeness (QED) is 0.883. The molecule has 1 aromatic carbocycles. The van der Waals surface area contributed by atoms with Crippen molar-refractivity contribution in [2.45, 2.75) is 38.1 Å². The summed E-state index contributed by atoms with van der Waals surface area (Å²) >= 11 is 0. The maximum atomic E-state index is 13.0. The number of anilines is 1. The summed E-state index contributed by atoms with van der Waals surface area (Å²) in [7, 11) is 0. The summed E-state index contributed by atoms with van der Waals surface area (Å²) in [5, 5.41) is 3.20. The van der Waals surface area contributed by atoms with Crippen LogP contribution in [-0.2, 0) is 12.8 Å². The van der Waals surface area contributed by atoms with Crippen LogP contribution in [0.25, 0.3) is 0 Å². The molecule has 1 aliphatic carbocycles. The lowest BCUT2D eigenvalue weighted by molar-refractivity contribution is 0.0791. The Morgan fingerprint density at radius 1 is 1.23 bits per heavy atom. The third-order valence-corrected chi connectivity index (χ3v) is 5.07. The molecular weight excluding hydrogens is 335 g/mol. The first-order valence-corrected chi connectivity index (χ1v) is 9.03. The molecule has 2 heterocycles. The van der Waals surface area contributed by atoms with Crippen molar-refractivity contribution in [2.24, 2.45) is 0 Å². The van der Waals surface area contributed by atoms with Gasteiger partial charge in [-0.3, -0.25) is 9.59 Å². The zero-order chi connectivity index (χ0) is 18.1. The fraction of sp³-hybridized carbons (Fsp3) is 0.421. The number of amides is 1. The maximum Gasteiger partial charge on any atom is 0.290 e. The Labute approximate surface area is 150 Å². The molecular formula is C19H21FN4O2. The van der Waals surface area contributed by atoms with Crippen molar-refractivity contribution in [1.29, 1.82) is 0 Å². The van der Waals surface area contributed by atoms with E-state index in [4.69, 9.17) is 0 Å². The molecule has 136 valence electrons. The van der Waals surface area contributed by atoms with Crippen molar-refractivity contribution < 1.29 is 9.18 Å². The van der Waals surface area contributed by atoms with Crippen LogP contribution in [-0.4, -0.2) is 39.9 Å². The van der Waals surface area contributed by atoms with Crippen LogP contribution in [0.4, 0.5) is 10.2 Å². The summed E-state index contributed by atoms with van der Waals surface area (Å²) in [6, 6.07) is 5.54. The molecule has 0 saturated carbocycles. The third-order valence-electron chi connectivity index (χ3n) is 5.07. The minimum absolute atomic E-state index is 0.0189. The molecule has 7 heteroatoms. The normalized spacial score (nSPS) is 19.3. The van der Waals surface area contributed by atoms with E-state index >= 15 is 0 Å². The Morgan fingerprint density at radius 3 is 2.81 bits per heavy atom. The van der Waals surface area contributed by atoms with Crippen molar-refractivity contribution >= 4 is 11.7 Å². The number of hydrogen-bond donors (Lipinski definition) is 2. The molecule has 1 fully saturated rings. The molecule has 6 nitrogen and oxygen atoms in total. The van der Waals surface area contributed by atoms with Crippen LogP contribution >= 0.6 is 0 Å². The van der Waals surface area contributed by atoms with Crippen molar-refractivity contribution in [1.82, 2.24) is 14.9 Å². The lowest BCUT2D eigenvalue weighted by atomic mass is 10.0. The zero-order valence-corrected chi connectivity index (χ0v) is 14.4. The molecule has 0 bridgehead atoms. The summed E-state index contributed by atoms with van der Waals surface area (Å²) in [4.78, 5) is 33.9. The van der Waals surface area contributed by atoms with Crippen LogP contribution in [0.5, 0.6) is 0 Å². The number of halogens is 1. The van der Waals surface area contributed by atoms with Gasteiger partial charge in [0.25, 0.3) is 11.5 Å². The molecule has 1 aromatic heterocycles. The van der Waals surface area contributed by atoms with E-state index in [0.717, 1.165) is 43.5 Å². The number of aryl methyl sites for hydroxylation is 2. The lowest BCUT2D eigenvalue weighted by Gasteiger charge is -2.19. The van der Waals surface area contributed by atoms with Gasteiger partial charge in [-0.15, -0.1) is 0 Å². The van der Waals surface area contributed by atoms with Crippen molar-refractivity contribution in [2.75, 3.05) is 18.4 Å². The van der Waals surface area contributed by atoms with Crippen molar-refractivity contribution in [3.63, 3.8) is 0 Å². The molecule has 1 amide bonds. The Bertz CT molecular complexity index is 878. The Hall–Kier alpha value is -2.70. The van der Waals surface area contributed by atoms with E-state index in [1.807, 2.05) is 0 Å². The molecule has 2 N–H and O–H groups in total. The standard InChI is InChI=1S/C19H21FN4O2/c20-13-7-5-12(6-8-13)19(26)24-10-9-14(11-24)21-17-18(25)23-16-4-2-1-3-15(16)22-17/h5-8,14H,1-4,9-11H2,(H,21,22)(H,23,25)/t14-/m1/s1. The fourth-order valence-corrected chi connectivity index (χ4v) is 3.66. The summed E-state index contributed by atoms with van der Waals surface area (Å²) in [5.74, 6) is -0.145. The van der Waals surface area contributed by atoms with Gasteiger partial charge in [-0.1, -0.05) is 0 Å². The first kappa shape index (κ1) is 16.8. The number of carbonyl (C=O) groups is 1. The summed E-state index contributed by atoms with van der Waals surface area (Å²) < 4.78 is 13.0. The van der Waals surface area contributed by atoms with E-state index < -0.39 is 0 Å². The number of rotatable bonds is 3. The number of nitrogens with one attached hydrogen (secondary N) is 2. The number of aromatic nitrogens is 2. The Balaban J connectivity index is 1.44. The van der Waals surface area contributed by atoms with E-state index in [1.165, 1.54) is 24.3 Å². The van der Waals surface area contributed by atoms with E-state index in [0.29, 0.717) is 24.5 Å². The minimum Gasteiger partial charge on any atom is -0.361 e. The fourth-order valence-electron chi connectivity index (χ4n) is 3.66. The van der Waals surface area contributed by atoms with Gasteiger partial charge in [0.15, 0.2) is 5.82 Å². The molecule has 2 aliphatic rings. The molecule has 0 radical (unpaired) electrons. The number of nitrogens with zero attached hydrogens (tertiary/aromatic N) is 2. The summed E-state index contributed by atoms with van der Waals surface area (Å²) in [5.41, 5.74) is 2.19. The van der Waals surface area contributed by atoms with E-state index in [9.17, 15) is 14.0 Å². The van der Waals surface area contributed by atoms with Crippen LogP contribution in [0, 0.1) is 5.82 Å². The van der Waals surface area contributed by atoms with E-state index in [2.05, 4.69) is 15.3 Å². The Kier molecular flexibility index (Phi) is 4.44. The minimum atomic E-state index is -0.361. The van der Waals surface area contributed by atoms with Gasteiger partial charge in [-0.05, 0) is 56.4 Å². The maximum absolute atomic E-state index is 13.0. The second-order valence-corrected chi connectivity index (χ2v) is 6.93. The highest BCUT2D eigenvalue weighted by atomic mass is 19.1. The lowest BCUT2D eigenvalue weighted by Crippen LogP contribution is -2.33. The second kappa shape index (κ2) is 6.90. The summed E-state index contributed by atoms with van der Waals surface area (Å²) in [6.07, 6.45) is 4.68. The van der Waals surface area contributed by atoms with E-state index in [1.54, 1.807) is 4.90 Å². The number of H-pyrrole nitrogens is 1. The average Bonchev–Trinajstić information content (AvgIpc) is 3.11. The van der Waals surface area contributed by atoms with Gasteiger partial charge < -0.3 is 15.2 Å². The van der Waals surface area contributed by atoms with Crippen molar-refractivity contribution in [3.8, 4) is 0 Å². The van der Waals surface area contributed by atoms with Gasteiger partial charge in [0.05, 0.1) is 5.69 Å². The van der Waals surface area contributed by atoms with Crippen LogP contribution < -0.4 is 10.9 Å². The molecule has 0 spiro atoms. The number of aromatic amines is 1. The highest BCUT2D eigenvalue weighted by Crippen LogP contribution is 2.19. The van der Waals surface area contributed by atoms with Gasteiger partial charge in [0.2, 0.25) is 0 Å². The SMILES string of the molecule is O=C(c1ccc(F)cc1)N1CC[C@@H](Nc2nc3c([nH]c2=O)CCCC3)C1. The van der Waals surface area contributed by atoms with Gasteiger partial charge in [0.1, 0.15) is 5.82 Å². The van der Waals surface area contributed by atoms with Crippen LogP contribution in [0.2, 0.25) is 0 Å². The highest BCUT2D eigenvalue weighted by molar-refractivity contribution is 5.94. The number of carbonyl (C=O) groups excluding carboxylic acids is 1. The monoisotopic (exact) mass is 356 g/mol. The first-order valence-electron chi connectivity index (χ1n) is 9.03. The molecule has 26 heavy (non-hydrogen) atoms. The van der Waals surface area contributed by atoms with E-state index in [-0.39, 0.29) is 23.3 Å². The predicted molar refractivity (Wildman–Crippen MR) is 95.8 cm³/mol. The highest BCUT2D eigenvalue weighted by Gasteiger charge is 2.28. The van der Waals surface area contributed by atoms with Gasteiger partial charge in [-0.25, -0.2) is 9.37 Å². The molecule has 1 atom stereocenters. The zero-order valence-electron chi connectivity index (χ0n) is 14.4. The molecule has 0 unspecified atom stereocenters. The second-order valence-electron chi connectivity index (χ2n) is 6.93. The predicted octanol–water partition coefficient (Wildman–Crippen LogP) is 2.11. The molecule has 1 saturated heterocycles. The van der Waals surface area contributed by atoms with Gasteiger partial charge in [0, 0.05) is 30.4 Å². The van der Waals surface area contributed by atoms with Gasteiger partial charge >= 0.3 is 0 Å². The number of likely N-dealkylation sites (tertiary alicyclic amines) is 1. The Morgan fingerprint density at radius 2 is 2.00 bits per heavy atom. The molecule has 2 aromatic rings. The molecule has 4 rings (SSSR count). The summed E-state index contributed by atoms with van der Waals surface area (Å²) in [6.45, 7) is 1.09. The number of hydrogen-bond acceptors (Lipinski definition) is 4. The third kappa shape index (κ3) is 3.34. The number of fused-ring (bicyclic) bond motifs is 1. The largest absolute Gasteiger partial charge is 0.361 e. The molecule has 1 aliphatic heterocycles.